The van der Waals surface area contributed by atoms with Crippen LogP contribution in [-0.4, -0.2) is 29.7 Å². The Kier molecular flexibility index (Phi) is 5.04. The molecule has 29 heavy (non-hydrogen) atoms. The fourth-order valence-corrected chi connectivity index (χ4v) is 4.74. The number of aryl methyl sites for hydroxylation is 3. The molecule has 0 aliphatic carbocycles. The van der Waals surface area contributed by atoms with Gasteiger partial charge in [0.05, 0.1) is 19.6 Å². The molecule has 0 amide bonds. The van der Waals surface area contributed by atoms with Gasteiger partial charge in [-0.1, -0.05) is 0 Å². The van der Waals surface area contributed by atoms with Crippen LogP contribution in [0.2, 0.25) is 0 Å². The first-order valence-electron chi connectivity index (χ1n) is 9.36. The third kappa shape index (κ3) is 3.27. The van der Waals surface area contributed by atoms with Crippen molar-refractivity contribution >= 4 is 27.5 Å². The number of ether oxygens (including phenoxy) is 3. The summed E-state index contributed by atoms with van der Waals surface area (Å²) in [4.78, 5) is 31.2. The van der Waals surface area contributed by atoms with Crippen molar-refractivity contribution in [3.05, 3.63) is 49.9 Å². The van der Waals surface area contributed by atoms with Crippen LogP contribution in [0.1, 0.15) is 38.6 Å². The van der Waals surface area contributed by atoms with E-state index in [1.165, 1.54) is 11.3 Å². The molecule has 7 nitrogen and oxygen atoms in total. The van der Waals surface area contributed by atoms with E-state index in [9.17, 15) is 9.59 Å². The molecule has 152 valence electrons. The Morgan fingerprint density at radius 1 is 1.21 bits per heavy atom. The first-order chi connectivity index (χ1) is 13.9. The molecule has 8 heteroatoms. The molecular formula is C21H22N2O5S. The molecule has 1 aromatic carbocycles. The quantitative estimate of drug-likeness (QED) is 0.596. The number of hydrogen-bond donors (Lipinski definition) is 0. The zero-order valence-corrected chi connectivity index (χ0v) is 17.6. The molecule has 2 aromatic heterocycles. The van der Waals surface area contributed by atoms with E-state index >= 15 is 0 Å². The highest BCUT2D eigenvalue weighted by Crippen LogP contribution is 2.32. The molecule has 0 fully saturated rings. The van der Waals surface area contributed by atoms with Crippen LogP contribution >= 0.6 is 11.3 Å². The molecule has 0 saturated carbocycles. The number of carbonyl (C=O) groups is 1. The van der Waals surface area contributed by atoms with Crippen molar-refractivity contribution in [1.29, 1.82) is 0 Å². The van der Waals surface area contributed by atoms with Gasteiger partial charge in [-0.15, -0.1) is 11.3 Å². The monoisotopic (exact) mass is 414 g/mol. The van der Waals surface area contributed by atoms with Gasteiger partial charge in [-0.3, -0.25) is 9.36 Å². The van der Waals surface area contributed by atoms with Gasteiger partial charge in [0.2, 0.25) is 0 Å². The zero-order valence-electron chi connectivity index (χ0n) is 16.8. The van der Waals surface area contributed by atoms with Crippen LogP contribution in [0.4, 0.5) is 0 Å². The molecule has 1 aliphatic rings. The van der Waals surface area contributed by atoms with Gasteiger partial charge in [-0.05, 0) is 49.1 Å². The van der Waals surface area contributed by atoms with E-state index in [4.69, 9.17) is 14.2 Å². The topological polar surface area (TPSA) is 79.7 Å². The Bertz CT molecular complexity index is 1180. The number of fused-ring (bicyclic) bond motifs is 2. The maximum Gasteiger partial charge on any atom is 0.349 e. The number of carbonyl (C=O) groups excluding carboxylic acids is 1. The SMILES string of the molecule is COc1cc(C)c(COC(=O)c2sc3nc4n(c(=O)c3c2C)CCC4)cc1OC. The molecule has 0 saturated heterocycles. The number of methoxy groups -OCH3 is 2. The van der Waals surface area contributed by atoms with E-state index < -0.39 is 5.97 Å². The standard InChI is InChI=1S/C21H22N2O5S/c1-11-8-14(26-3)15(27-4)9-13(11)10-28-21(25)18-12(2)17-19(29-18)22-16-6-5-7-23(16)20(17)24/h8-9H,5-7,10H2,1-4H3. The van der Waals surface area contributed by atoms with Gasteiger partial charge < -0.3 is 14.2 Å². The van der Waals surface area contributed by atoms with Gasteiger partial charge >= 0.3 is 5.97 Å². The van der Waals surface area contributed by atoms with Crippen molar-refractivity contribution in [1.82, 2.24) is 9.55 Å². The maximum absolute atomic E-state index is 12.8. The lowest BCUT2D eigenvalue weighted by Crippen LogP contribution is -2.20. The Balaban J connectivity index is 1.61. The van der Waals surface area contributed by atoms with Gasteiger partial charge in [0, 0.05) is 13.0 Å². The van der Waals surface area contributed by atoms with Crippen LogP contribution in [0.3, 0.4) is 0 Å². The molecule has 0 N–H and O–H groups in total. The first-order valence-corrected chi connectivity index (χ1v) is 10.2. The number of esters is 1. The number of hydrogen-bond acceptors (Lipinski definition) is 7. The number of rotatable bonds is 5. The highest BCUT2D eigenvalue weighted by molar-refractivity contribution is 7.20. The fraction of sp³-hybridized carbons (Fsp3) is 0.381. The summed E-state index contributed by atoms with van der Waals surface area (Å²) in [6.45, 7) is 4.48. The lowest BCUT2D eigenvalue weighted by atomic mass is 10.1. The summed E-state index contributed by atoms with van der Waals surface area (Å²) in [5.74, 6) is 1.54. The van der Waals surface area contributed by atoms with Gasteiger partial charge in [0.15, 0.2) is 11.5 Å². The minimum atomic E-state index is -0.454. The Morgan fingerprint density at radius 2 is 1.93 bits per heavy atom. The van der Waals surface area contributed by atoms with Crippen molar-refractivity contribution in [3.63, 3.8) is 0 Å². The van der Waals surface area contributed by atoms with Gasteiger partial charge in [0.25, 0.3) is 5.56 Å². The lowest BCUT2D eigenvalue weighted by molar-refractivity contribution is 0.0477. The third-order valence-electron chi connectivity index (χ3n) is 5.30. The lowest BCUT2D eigenvalue weighted by Gasteiger charge is -2.13. The number of aromatic nitrogens is 2. The summed E-state index contributed by atoms with van der Waals surface area (Å²) in [6.07, 6.45) is 1.72. The van der Waals surface area contributed by atoms with Crippen molar-refractivity contribution in [2.24, 2.45) is 0 Å². The van der Waals surface area contributed by atoms with Crippen molar-refractivity contribution in [2.45, 2.75) is 39.8 Å². The molecule has 0 radical (unpaired) electrons. The average molecular weight is 414 g/mol. The smallest absolute Gasteiger partial charge is 0.349 e. The van der Waals surface area contributed by atoms with Crippen LogP contribution in [0.25, 0.3) is 10.2 Å². The van der Waals surface area contributed by atoms with Crippen molar-refractivity contribution in [2.75, 3.05) is 14.2 Å². The number of benzene rings is 1. The highest BCUT2D eigenvalue weighted by Gasteiger charge is 2.24. The zero-order chi connectivity index (χ0) is 20.7. The van der Waals surface area contributed by atoms with Gasteiger partial charge in [-0.2, -0.15) is 0 Å². The van der Waals surface area contributed by atoms with Crippen LogP contribution < -0.4 is 15.0 Å². The maximum atomic E-state index is 12.8. The van der Waals surface area contributed by atoms with E-state index in [0.717, 1.165) is 29.8 Å². The molecule has 3 aromatic rings. The first kappa shape index (κ1) is 19.4. The van der Waals surface area contributed by atoms with Crippen LogP contribution in [0.5, 0.6) is 11.5 Å². The largest absolute Gasteiger partial charge is 0.493 e. The molecular weight excluding hydrogens is 392 g/mol. The molecule has 1 aliphatic heterocycles. The Labute approximate surface area is 171 Å². The molecule has 0 unspecified atom stereocenters. The van der Waals surface area contributed by atoms with E-state index in [1.54, 1.807) is 31.8 Å². The fourth-order valence-electron chi connectivity index (χ4n) is 3.66. The predicted molar refractivity (Wildman–Crippen MR) is 110 cm³/mol. The number of thiophene rings is 1. The van der Waals surface area contributed by atoms with E-state index in [-0.39, 0.29) is 12.2 Å². The second-order valence-corrected chi connectivity index (χ2v) is 8.03. The summed E-state index contributed by atoms with van der Waals surface area (Å²) in [5, 5.41) is 0.523. The summed E-state index contributed by atoms with van der Waals surface area (Å²) >= 11 is 1.22. The molecule has 4 rings (SSSR count). The molecule has 3 heterocycles. The van der Waals surface area contributed by atoms with Crippen LogP contribution in [0.15, 0.2) is 16.9 Å². The summed E-state index contributed by atoms with van der Waals surface area (Å²) in [7, 11) is 3.14. The van der Waals surface area contributed by atoms with Crippen LogP contribution in [0, 0.1) is 13.8 Å². The van der Waals surface area contributed by atoms with Crippen LogP contribution in [-0.2, 0) is 24.3 Å². The summed E-state index contributed by atoms with van der Waals surface area (Å²) < 4.78 is 17.9. The minimum Gasteiger partial charge on any atom is -0.493 e. The second kappa shape index (κ2) is 7.51. The van der Waals surface area contributed by atoms with Gasteiger partial charge in [0.1, 0.15) is 22.1 Å². The van der Waals surface area contributed by atoms with Gasteiger partial charge in [-0.25, -0.2) is 9.78 Å². The predicted octanol–water partition coefficient (Wildman–Crippen LogP) is 3.40. The Morgan fingerprint density at radius 3 is 2.66 bits per heavy atom. The van der Waals surface area contributed by atoms with E-state index in [0.29, 0.717) is 38.7 Å². The van der Waals surface area contributed by atoms with Crippen molar-refractivity contribution in [3.8, 4) is 11.5 Å². The Hall–Kier alpha value is -2.87. The molecule has 0 atom stereocenters. The normalized spacial score (nSPS) is 12.8. The highest BCUT2D eigenvalue weighted by atomic mass is 32.1. The van der Waals surface area contributed by atoms with E-state index in [1.807, 2.05) is 13.0 Å². The second-order valence-electron chi connectivity index (χ2n) is 7.03. The third-order valence-corrected chi connectivity index (χ3v) is 6.46. The molecule has 0 bridgehead atoms. The van der Waals surface area contributed by atoms with E-state index in [2.05, 4.69) is 4.98 Å². The number of nitrogens with zero attached hydrogens (tertiary/aromatic N) is 2. The minimum absolute atomic E-state index is 0.0639. The average Bonchev–Trinajstić information content (AvgIpc) is 3.31. The van der Waals surface area contributed by atoms with Crippen molar-refractivity contribution < 1.29 is 19.0 Å². The summed E-state index contributed by atoms with van der Waals surface area (Å²) in [6, 6.07) is 3.65. The summed E-state index contributed by atoms with van der Waals surface area (Å²) in [5.41, 5.74) is 2.33. The molecule has 0 spiro atoms.